The van der Waals surface area contributed by atoms with Gasteiger partial charge in [0.15, 0.2) is 11.9 Å². The fourth-order valence-corrected chi connectivity index (χ4v) is 1.01. The lowest BCUT2D eigenvalue weighted by molar-refractivity contribution is -0.482. The van der Waals surface area contributed by atoms with Crippen molar-refractivity contribution in [1.29, 1.82) is 0 Å². The third-order valence-corrected chi connectivity index (χ3v) is 2.09. The maximum Gasteiger partial charge on any atom is 0.331 e. The first-order chi connectivity index (χ1) is 5.11. The molecule has 0 N–H and O–H groups in total. The second kappa shape index (κ2) is 3.00. The van der Waals surface area contributed by atoms with Crippen molar-refractivity contribution in [2.75, 3.05) is 0 Å². The largest absolute Gasteiger partial charge is 0.545 e. The normalized spacial score (nSPS) is 9.64. The van der Waals surface area contributed by atoms with Crippen molar-refractivity contribution in [3.63, 3.8) is 0 Å². The van der Waals surface area contributed by atoms with Crippen LogP contribution in [-0.2, 0) is 0 Å². The van der Waals surface area contributed by atoms with Crippen molar-refractivity contribution in [1.82, 2.24) is 0 Å². The molecule has 0 fully saturated rings. The Morgan fingerprint density at radius 3 is 2.73 bits per heavy atom. The molecule has 0 aliphatic carbocycles. The summed E-state index contributed by atoms with van der Waals surface area (Å²) < 4.78 is 1.55. The Bertz CT molecular complexity index is 298. The zero-order valence-corrected chi connectivity index (χ0v) is 7.46. The molecule has 0 spiro atoms. The molecule has 1 aromatic heterocycles. The molecule has 0 atom stereocenters. The van der Waals surface area contributed by atoms with E-state index in [1.165, 1.54) is 12.3 Å². The number of carboxylic acid groups (broad SMARTS) is 1. The molecule has 0 aliphatic heterocycles. The van der Waals surface area contributed by atoms with Crippen LogP contribution in [-0.4, -0.2) is 5.97 Å². The highest BCUT2D eigenvalue weighted by molar-refractivity contribution is 9.04. The molecule has 0 amide bonds. The third kappa shape index (κ3) is 1.77. The van der Waals surface area contributed by atoms with Gasteiger partial charge in [-0.05, 0) is 6.07 Å². The first kappa shape index (κ1) is 8.20. The number of hydrogen-bond donors (Lipinski definition) is 0. The van der Waals surface area contributed by atoms with Gasteiger partial charge in [-0.3, -0.25) is 0 Å². The zero-order valence-electron chi connectivity index (χ0n) is 5.87. The number of nitrogens with zero attached hydrogens (tertiary/aromatic N) is 1. The molecule has 0 aliphatic rings. The van der Waals surface area contributed by atoms with Crippen LogP contribution in [0, 0.1) is 6.92 Å². The smallest absolute Gasteiger partial charge is 0.331 e. The van der Waals surface area contributed by atoms with E-state index < -0.39 is 5.97 Å². The molecular weight excluding hydrogens is 210 g/mol. The van der Waals surface area contributed by atoms with Crippen LogP contribution >= 0.6 is 16.1 Å². The lowest BCUT2D eigenvalue weighted by Gasteiger charge is -1.98. The Morgan fingerprint density at radius 1 is 1.64 bits per heavy atom. The summed E-state index contributed by atoms with van der Waals surface area (Å²) in [6.07, 6.45) is 1.45. The van der Waals surface area contributed by atoms with Gasteiger partial charge in [0.05, 0.1) is 11.5 Å². The molecule has 3 nitrogen and oxygen atoms in total. The monoisotopic (exact) mass is 215 g/mol. The molecule has 11 heavy (non-hydrogen) atoms. The first-order valence-electron chi connectivity index (χ1n) is 3.01. The Hall–Kier alpha value is -0.900. The quantitative estimate of drug-likeness (QED) is 0.652. The van der Waals surface area contributed by atoms with Crippen LogP contribution in [0.3, 0.4) is 0 Å². The van der Waals surface area contributed by atoms with Crippen molar-refractivity contribution in [2.45, 2.75) is 6.92 Å². The predicted molar refractivity (Wildman–Crippen MR) is 40.0 cm³/mol. The lowest BCUT2D eigenvalue weighted by Crippen LogP contribution is -2.29. The first-order valence-corrected chi connectivity index (χ1v) is 3.72. The van der Waals surface area contributed by atoms with E-state index in [4.69, 9.17) is 0 Å². The van der Waals surface area contributed by atoms with Crippen LogP contribution in [0.5, 0.6) is 0 Å². The van der Waals surface area contributed by atoms with Gasteiger partial charge in [0, 0.05) is 13.0 Å². The molecule has 1 heterocycles. The summed E-state index contributed by atoms with van der Waals surface area (Å²) >= 11 is 3.14. The van der Waals surface area contributed by atoms with E-state index in [1.807, 2.05) is 6.92 Å². The summed E-state index contributed by atoms with van der Waals surface area (Å²) in [6.45, 7) is 1.85. The summed E-state index contributed by atoms with van der Waals surface area (Å²) in [6, 6.07) is 3.20. The number of pyridine rings is 1. The molecule has 0 radical (unpaired) electrons. The van der Waals surface area contributed by atoms with E-state index in [-0.39, 0.29) is 5.56 Å². The topological polar surface area (TPSA) is 44.0 Å². The van der Waals surface area contributed by atoms with Crippen LogP contribution < -0.4 is 8.70 Å². The number of hydrogen-bond acceptors (Lipinski definition) is 2. The Balaban J connectivity index is 3.15. The predicted octanol–water partition coefficient (Wildman–Crippen LogP) is -0.196. The molecule has 1 aromatic rings. The average Bonchev–Trinajstić information content (AvgIpc) is 1.94. The van der Waals surface area contributed by atoms with Crippen molar-refractivity contribution >= 4 is 22.1 Å². The van der Waals surface area contributed by atoms with Gasteiger partial charge in [-0.1, -0.05) is 0 Å². The third-order valence-electron chi connectivity index (χ3n) is 1.33. The molecule has 1 rings (SSSR count). The second-order valence-corrected chi connectivity index (χ2v) is 2.92. The van der Waals surface area contributed by atoms with Gasteiger partial charge >= 0.3 is 16.1 Å². The number of carbonyl (C=O) groups excluding carboxylic acids is 1. The lowest BCUT2D eigenvalue weighted by atomic mass is 10.3. The summed E-state index contributed by atoms with van der Waals surface area (Å²) in [7, 11) is 0. The fourth-order valence-electron chi connectivity index (χ4n) is 0.669. The van der Waals surface area contributed by atoms with E-state index >= 15 is 0 Å². The molecule has 0 saturated heterocycles. The van der Waals surface area contributed by atoms with E-state index in [1.54, 1.807) is 9.66 Å². The number of aromatic carboxylic acids is 1. The number of carboxylic acids is 1. The SMILES string of the molecule is Cc1ccc(C(=O)[O-])c[n+]1Br. The zero-order chi connectivity index (χ0) is 8.43. The Morgan fingerprint density at radius 2 is 2.27 bits per heavy atom. The number of rotatable bonds is 1. The van der Waals surface area contributed by atoms with Crippen molar-refractivity contribution < 1.29 is 13.5 Å². The minimum absolute atomic E-state index is 0.160. The Labute approximate surface area is 72.6 Å². The standard InChI is InChI=1S/C7H6BrNO2/c1-5-2-3-6(7(10)11)4-9(5)8/h2-4H,1H3. The van der Waals surface area contributed by atoms with Crippen molar-refractivity contribution in [3.05, 3.63) is 29.6 Å². The second-order valence-electron chi connectivity index (χ2n) is 2.16. The van der Waals surface area contributed by atoms with Gasteiger partial charge in [0.1, 0.15) is 0 Å². The molecule has 4 heteroatoms. The van der Waals surface area contributed by atoms with Gasteiger partial charge in [0.25, 0.3) is 0 Å². The maximum atomic E-state index is 10.3. The summed E-state index contributed by atoms with van der Waals surface area (Å²) in [5.41, 5.74) is 1.09. The molecule has 0 bridgehead atoms. The Kier molecular flexibility index (Phi) is 2.24. The maximum absolute atomic E-state index is 10.3. The average molecular weight is 216 g/mol. The molecule has 0 aromatic carbocycles. The highest BCUT2D eigenvalue weighted by Crippen LogP contribution is 1.97. The van der Waals surface area contributed by atoms with Crippen LogP contribution in [0.15, 0.2) is 18.3 Å². The van der Waals surface area contributed by atoms with Crippen molar-refractivity contribution in [3.8, 4) is 0 Å². The van der Waals surface area contributed by atoms with Crippen LogP contribution in [0.2, 0.25) is 0 Å². The van der Waals surface area contributed by atoms with Crippen molar-refractivity contribution in [2.24, 2.45) is 0 Å². The summed E-state index contributed by atoms with van der Waals surface area (Å²) in [5.74, 6) is -1.17. The van der Waals surface area contributed by atoms with E-state index in [0.717, 1.165) is 5.69 Å². The van der Waals surface area contributed by atoms with E-state index in [9.17, 15) is 9.90 Å². The van der Waals surface area contributed by atoms with E-state index in [0.29, 0.717) is 0 Å². The van der Waals surface area contributed by atoms with Gasteiger partial charge in [-0.2, -0.15) is 0 Å². The summed E-state index contributed by atoms with van der Waals surface area (Å²) in [4.78, 5) is 10.3. The van der Waals surface area contributed by atoms with Gasteiger partial charge in [-0.15, -0.1) is 3.59 Å². The van der Waals surface area contributed by atoms with Crippen LogP contribution in [0.25, 0.3) is 0 Å². The fraction of sp³-hybridized carbons (Fsp3) is 0.143. The van der Waals surface area contributed by atoms with E-state index in [2.05, 4.69) is 16.1 Å². The summed E-state index contributed by atoms with van der Waals surface area (Å²) in [5, 5.41) is 10.3. The van der Waals surface area contributed by atoms with Gasteiger partial charge in [-0.25, -0.2) is 0 Å². The molecule has 0 unspecified atom stereocenters. The van der Waals surface area contributed by atoms with Crippen LogP contribution in [0.4, 0.5) is 0 Å². The number of halogens is 1. The molecule has 58 valence electrons. The molecular formula is C7H6BrNO2. The number of aryl methyl sites for hydroxylation is 1. The van der Waals surface area contributed by atoms with Gasteiger partial charge in [0.2, 0.25) is 0 Å². The highest BCUT2D eigenvalue weighted by Gasteiger charge is 2.04. The minimum Gasteiger partial charge on any atom is -0.545 e. The minimum atomic E-state index is -1.17. The molecule has 0 saturated carbocycles. The number of aromatic nitrogens is 1. The highest BCUT2D eigenvalue weighted by atomic mass is 79.9. The number of carbonyl (C=O) groups is 1. The van der Waals surface area contributed by atoms with Crippen LogP contribution in [0.1, 0.15) is 16.1 Å². The van der Waals surface area contributed by atoms with Gasteiger partial charge < -0.3 is 9.90 Å².